The van der Waals surface area contributed by atoms with Crippen LogP contribution in [0, 0.1) is 5.41 Å². The fourth-order valence-corrected chi connectivity index (χ4v) is 4.03. The standard InChI is InChI=1S/C22H28N4O3.HI/c1-2-23-21(26-10-8-22(15-26)9-12-28-16-22)24-14-17-5-3-6-18(13-17)25-20(27)19-7-4-11-29-19;/h3-7,11,13H,2,8-10,12,14-16H2,1H3,(H,23,24)(H,25,27);1H. The number of carbonyl (C=O) groups excluding carboxylic acids is 1. The van der Waals surface area contributed by atoms with E-state index in [2.05, 4.69) is 22.5 Å². The van der Waals surface area contributed by atoms with Crippen molar-refractivity contribution in [2.24, 2.45) is 10.4 Å². The first kappa shape index (κ1) is 22.6. The number of aliphatic imine (C=N–C) groups is 1. The number of carbonyl (C=O) groups is 1. The number of hydrogen-bond acceptors (Lipinski definition) is 4. The van der Waals surface area contributed by atoms with Crippen molar-refractivity contribution >= 4 is 41.5 Å². The molecule has 8 heteroatoms. The van der Waals surface area contributed by atoms with Crippen LogP contribution in [0.2, 0.25) is 0 Å². The van der Waals surface area contributed by atoms with E-state index in [-0.39, 0.29) is 29.9 Å². The summed E-state index contributed by atoms with van der Waals surface area (Å²) in [5.74, 6) is 0.980. The summed E-state index contributed by atoms with van der Waals surface area (Å²) in [6.07, 6.45) is 3.79. The van der Waals surface area contributed by atoms with Gasteiger partial charge in [-0.1, -0.05) is 12.1 Å². The molecule has 1 aromatic heterocycles. The fraction of sp³-hybridized carbons (Fsp3) is 0.455. The monoisotopic (exact) mass is 524 g/mol. The molecule has 0 bridgehead atoms. The summed E-state index contributed by atoms with van der Waals surface area (Å²) in [7, 11) is 0. The number of anilines is 1. The maximum absolute atomic E-state index is 12.2. The van der Waals surface area contributed by atoms with Crippen LogP contribution in [-0.2, 0) is 11.3 Å². The van der Waals surface area contributed by atoms with Crippen molar-refractivity contribution < 1.29 is 13.9 Å². The lowest BCUT2D eigenvalue weighted by atomic mass is 9.87. The Kier molecular flexibility index (Phi) is 7.76. The molecular weight excluding hydrogens is 495 g/mol. The minimum atomic E-state index is -0.259. The molecule has 1 atom stereocenters. The number of nitrogens with one attached hydrogen (secondary N) is 2. The van der Waals surface area contributed by atoms with Gasteiger partial charge in [0, 0.05) is 37.3 Å². The number of furan rings is 1. The molecule has 4 rings (SSSR count). The number of ether oxygens (including phenoxy) is 1. The van der Waals surface area contributed by atoms with Crippen LogP contribution in [0.15, 0.2) is 52.1 Å². The zero-order chi connectivity index (χ0) is 20.1. The van der Waals surface area contributed by atoms with E-state index in [0.717, 1.165) is 62.9 Å². The number of hydrogen-bond donors (Lipinski definition) is 2. The molecule has 1 spiro atoms. The van der Waals surface area contributed by atoms with Crippen molar-refractivity contribution in [3.63, 3.8) is 0 Å². The molecule has 2 saturated heterocycles. The lowest BCUT2D eigenvalue weighted by molar-refractivity contribution is 0.0996. The first-order valence-electron chi connectivity index (χ1n) is 10.2. The number of benzene rings is 1. The van der Waals surface area contributed by atoms with Crippen LogP contribution in [0.1, 0.15) is 35.9 Å². The van der Waals surface area contributed by atoms with Gasteiger partial charge in [0.1, 0.15) is 0 Å². The van der Waals surface area contributed by atoms with Crippen LogP contribution in [0.5, 0.6) is 0 Å². The molecular formula is C22H29IN4O3. The van der Waals surface area contributed by atoms with Crippen molar-refractivity contribution in [3.05, 3.63) is 54.0 Å². The van der Waals surface area contributed by atoms with Gasteiger partial charge in [0.25, 0.3) is 5.91 Å². The van der Waals surface area contributed by atoms with E-state index in [0.29, 0.717) is 17.7 Å². The van der Waals surface area contributed by atoms with Crippen molar-refractivity contribution in [2.75, 3.05) is 38.2 Å². The van der Waals surface area contributed by atoms with Gasteiger partial charge >= 0.3 is 0 Å². The number of amides is 1. The summed E-state index contributed by atoms with van der Waals surface area (Å²) in [5.41, 5.74) is 2.06. The Morgan fingerprint density at radius 2 is 2.17 bits per heavy atom. The molecule has 30 heavy (non-hydrogen) atoms. The first-order valence-corrected chi connectivity index (χ1v) is 10.2. The van der Waals surface area contributed by atoms with Gasteiger partial charge < -0.3 is 24.7 Å². The fourth-order valence-electron chi connectivity index (χ4n) is 4.03. The average molecular weight is 524 g/mol. The molecule has 1 amide bonds. The zero-order valence-corrected chi connectivity index (χ0v) is 19.6. The van der Waals surface area contributed by atoms with E-state index >= 15 is 0 Å². The molecule has 1 aromatic carbocycles. The van der Waals surface area contributed by atoms with Gasteiger partial charge in [-0.15, -0.1) is 24.0 Å². The Labute approximate surface area is 194 Å². The maximum atomic E-state index is 12.2. The highest BCUT2D eigenvalue weighted by molar-refractivity contribution is 14.0. The van der Waals surface area contributed by atoms with Crippen LogP contribution >= 0.6 is 24.0 Å². The Bertz CT molecular complexity index is 863. The van der Waals surface area contributed by atoms with Crippen LogP contribution in [0.4, 0.5) is 5.69 Å². The molecule has 0 aliphatic carbocycles. The third-order valence-electron chi connectivity index (χ3n) is 5.60. The molecule has 2 aliphatic rings. The summed E-state index contributed by atoms with van der Waals surface area (Å²) >= 11 is 0. The molecule has 2 aromatic rings. The van der Waals surface area contributed by atoms with E-state index in [1.807, 2.05) is 24.3 Å². The normalized spacial score (nSPS) is 21.0. The van der Waals surface area contributed by atoms with Crippen LogP contribution < -0.4 is 10.6 Å². The van der Waals surface area contributed by atoms with Crippen LogP contribution in [0.25, 0.3) is 0 Å². The van der Waals surface area contributed by atoms with Gasteiger partial charge in [0.05, 0.1) is 19.4 Å². The second-order valence-electron chi connectivity index (χ2n) is 7.78. The van der Waals surface area contributed by atoms with E-state index in [1.165, 1.54) is 6.26 Å². The lowest BCUT2D eigenvalue weighted by Gasteiger charge is -2.25. The van der Waals surface area contributed by atoms with Crippen molar-refractivity contribution in [2.45, 2.75) is 26.3 Å². The third kappa shape index (κ3) is 5.34. The smallest absolute Gasteiger partial charge is 0.291 e. The van der Waals surface area contributed by atoms with Crippen molar-refractivity contribution in [1.82, 2.24) is 10.2 Å². The number of halogens is 1. The van der Waals surface area contributed by atoms with E-state index in [4.69, 9.17) is 14.1 Å². The summed E-state index contributed by atoms with van der Waals surface area (Å²) in [5, 5.41) is 6.28. The van der Waals surface area contributed by atoms with E-state index in [9.17, 15) is 4.79 Å². The molecule has 0 radical (unpaired) electrons. The lowest BCUT2D eigenvalue weighted by Crippen LogP contribution is -2.41. The SMILES string of the molecule is CCNC(=NCc1cccc(NC(=O)c2ccco2)c1)N1CCC2(CCOC2)C1.I. The van der Waals surface area contributed by atoms with E-state index in [1.54, 1.807) is 12.1 Å². The van der Waals surface area contributed by atoms with Gasteiger partial charge in [-0.25, -0.2) is 4.99 Å². The number of guanidine groups is 1. The molecule has 162 valence electrons. The molecule has 1 unspecified atom stereocenters. The highest BCUT2D eigenvalue weighted by Gasteiger charge is 2.42. The van der Waals surface area contributed by atoms with Gasteiger partial charge in [0.15, 0.2) is 11.7 Å². The Hall–Kier alpha value is -2.07. The van der Waals surface area contributed by atoms with E-state index < -0.39 is 0 Å². The minimum absolute atomic E-state index is 0. The second kappa shape index (κ2) is 10.3. The topological polar surface area (TPSA) is 79.1 Å². The molecule has 7 nitrogen and oxygen atoms in total. The summed E-state index contributed by atoms with van der Waals surface area (Å²) in [4.78, 5) is 19.4. The minimum Gasteiger partial charge on any atom is -0.459 e. The molecule has 0 saturated carbocycles. The zero-order valence-electron chi connectivity index (χ0n) is 17.2. The number of nitrogens with zero attached hydrogens (tertiary/aromatic N) is 2. The maximum Gasteiger partial charge on any atom is 0.291 e. The first-order chi connectivity index (χ1) is 14.2. The molecule has 2 fully saturated rings. The van der Waals surface area contributed by atoms with Gasteiger partial charge in [0.2, 0.25) is 0 Å². The number of likely N-dealkylation sites (tertiary alicyclic amines) is 1. The summed E-state index contributed by atoms with van der Waals surface area (Å²) in [6, 6.07) is 11.1. The highest BCUT2D eigenvalue weighted by Crippen LogP contribution is 2.38. The predicted octanol–water partition coefficient (Wildman–Crippen LogP) is 3.73. The third-order valence-corrected chi connectivity index (χ3v) is 5.60. The van der Waals surface area contributed by atoms with Crippen molar-refractivity contribution in [3.8, 4) is 0 Å². The molecule has 2 aliphatic heterocycles. The van der Waals surface area contributed by atoms with Gasteiger partial charge in [-0.3, -0.25) is 4.79 Å². The summed E-state index contributed by atoms with van der Waals surface area (Å²) in [6.45, 7) is 7.21. The van der Waals surface area contributed by atoms with Crippen LogP contribution in [-0.4, -0.2) is 49.6 Å². The molecule has 3 heterocycles. The van der Waals surface area contributed by atoms with Gasteiger partial charge in [-0.2, -0.15) is 0 Å². The predicted molar refractivity (Wildman–Crippen MR) is 127 cm³/mol. The summed E-state index contributed by atoms with van der Waals surface area (Å²) < 4.78 is 10.8. The van der Waals surface area contributed by atoms with Crippen LogP contribution in [0.3, 0.4) is 0 Å². The Morgan fingerprint density at radius 1 is 1.27 bits per heavy atom. The molecule has 2 N–H and O–H groups in total. The van der Waals surface area contributed by atoms with Gasteiger partial charge in [-0.05, 0) is 49.6 Å². The highest BCUT2D eigenvalue weighted by atomic mass is 127. The second-order valence-corrected chi connectivity index (χ2v) is 7.78. The number of rotatable bonds is 5. The van der Waals surface area contributed by atoms with Crippen molar-refractivity contribution in [1.29, 1.82) is 0 Å². The largest absolute Gasteiger partial charge is 0.459 e. The average Bonchev–Trinajstić information content (AvgIpc) is 3.49. The Balaban J connectivity index is 0.00000256. The Morgan fingerprint density at radius 3 is 2.90 bits per heavy atom. The quantitative estimate of drug-likeness (QED) is 0.354.